The number of nitrogens with zero attached hydrogens (tertiary/aromatic N) is 4. The molecule has 7 heteroatoms. The molecule has 1 atom stereocenters. The first-order valence-electron chi connectivity index (χ1n) is 8.59. The minimum Gasteiger partial charge on any atom is -0.381 e. The van der Waals surface area contributed by atoms with Crippen LogP contribution in [0.25, 0.3) is 0 Å². The monoisotopic (exact) mass is 449 g/mol. The zero-order valence-electron chi connectivity index (χ0n) is 15.6. The Bertz CT molecular complexity index is 537. The van der Waals surface area contributed by atoms with E-state index in [-0.39, 0.29) is 24.0 Å². The molecule has 2 rings (SSSR count). The van der Waals surface area contributed by atoms with E-state index in [2.05, 4.69) is 43.1 Å². The standard InChI is InChI=1S/C17H31N5O.HI/c1-6-18-17(21(4)11-15-8-10-23-12-15)19-9-7-16-13(2)20-22(5)14(16)3;/h15H,6-12H2,1-5H3,(H,18,19);1H. The number of guanidine groups is 1. The Morgan fingerprint density at radius 3 is 2.75 bits per heavy atom. The number of nitrogens with one attached hydrogen (secondary N) is 1. The summed E-state index contributed by atoms with van der Waals surface area (Å²) < 4.78 is 7.42. The van der Waals surface area contributed by atoms with E-state index in [1.807, 2.05) is 11.7 Å². The molecule has 1 N–H and O–H groups in total. The number of aromatic nitrogens is 2. The number of aliphatic imine (C=N–C) groups is 1. The third-order valence-corrected chi connectivity index (χ3v) is 4.53. The van der Waals surface area contributed by atoms with Gasteiger partial charge in [-0.05, 0) is 39.2 Å². The number of ether oxygens (including phenoxy) is 1. The van der Waals surface area contributed by atoms with E-state index in [0.29, 0.717) is 5.92 Å². The summed E-state index contributed by atoms with van der Waals surface area (Å²) >= 11 is 0. The van der Waals surface area contributed by atoms with Gasteiger partial charge in [0.2, 0.25) is 0 Å². The molecule has 0 aliphatic carbocycles. The Morgan fingerprint density at radius 2 is 2.21 bits per heavy atom. The van der Waals surface area contributed by atoms with Crippen molar-refractivity contribution in [3.8, 4) is 0 Å². The highest BCUT2D eigenvalue weighted by Crippen LogP contribution is 2.14. The lowest BCUT2D eigenvalue weighted by Crippen LogP contribution is -2.41. The van der Waals surface area contributed by atoms with Crippen molar-refractivity contribution in [2.75, 3.05) is 39.9 Å². The van der Waals surface area contributed by atoms with Gasteiger partial charge in [-0.25, -0.2) is 0 Å². The molecule has 6 nitrogen and oxygen atoms in total. The Balaban J connectivity index is 0.00000288. The molecule has 0 spiro atoms. The van der Waals surface area contributed by atoms with Crippen molar-refractivity contribution in [2.24, 2.45) is 18.0 Å². The summed E-state index contributed by atoms with van der Waals surface area (Å²) in [5, 5.41) is 7.87. The summed E-state index contributed by atoms with van der Waals surface area (Å²) in [4.78, 5) is 7.02. The highest BCUT2D eigenvalue weighted by atomic mass is 127. The predicted molar refractivity (Wildman–Crippen MR) is 109 cm³/mol. The van der Waals surface area contributed by atoms with Crippen LogP contribution in [0.4, 0.5) is 0 Å². The fraction of sp³-hybridized carbons (Fsp3) is 0.765. The van der Waals surface area contributed by atoms with Crippen molar-refractivity contribution in [1.82, 2.24) is 20.0 Å². The molecular formula is C17H32IN5O. The molecule has 0 saturated carbocycles. The molecule has 1 aliphatic heterocycles. The van der Waals surface area contributed by atoms with Crippen LogP contribution in [0.2, 0.25) is 0 Å². The van der Waals surface area contributed by atoms with Gasteiger partial charge in [-0.1, -0.05) is 0 Å². The van der Waals surface area contributed by atoms with E-state index < -0.39 is 0 Å². The van der Waals surface area contributed by atoms with Gasteiger partial charge in [-0.15, -0.1) is 24.0 Å². The number of hydrogen-bond acceptors (Lipinski definition) is 3. The second-order valence-electron chi connectivity index (χ2n) is 6.37. The van der Waals surface area contributed by atoms with Crippen molar-refractivity contribution in [1.29, 1.82) is 0 Å². The van der Waals surface area contributed by atoms with Crippen molar-refractivity contribution >= 4 is 29.9 Å². The molecule has 2 heterocycles. The van der Waals surface area contributed by atoms with E-state index in [1.54, 1.807) is 0 Å². The Hall–Kier alpha value is -0.830. The first-order valence-corrected chi connectivity index (χ1v) is 8.59. The normalized spacial score (nSPS) is 17.7. The van der Waals surface area contributed by atoms with Crippen LogP contribution in [-0.4, -0.2) is 60.5 Å². The quantitative estimate of drug-likeness (QED) is 0.411. The summed E-state index contributed by atoms with van der Waals surface area (Å²) in [7, 11) is 4.11. The van der Waals surface area contributed by atoms with Crippen LogP contribution in [-0.2, 0) is 18.2 Å². The molecule has 1 fully saturated rings. The molecule has 1 aliphatic rings. The Morgan fingerprint density at radius 1 is 1.46 bits per heavy atom. The maximum Gasteiger partial charge on any atom is 0.193 e. The van der Waals surface area contributed by atoms with Gasteiger partial charge in [0, 0.05) is 51.9 Å². The van der Waals surface area contributed by atoms with Gasteiger partial charge in [0.1, 0.15) is 0 Å². The SMILES string of the molecule is CCNC(=NCCc1c(C)nn(C)c1C)N(C)CC1CCOC1.I. The molecule has 0 radical (unpaired) electrons. The lowest BCUT2D eigenvalue weighted by Gasteiger charge is -2.24. The van der Waals surface area contributed by atoms with Crippen LogP contribution in [0.3, 0.4) is 0 Å². The molecule has 0 amide bonds. The second-order valence-corrected chi connectivity index (χ2v) is 6.37. The van der Waals surface area contributed by atoms with Crippen LogP contribution in [0, 0.1) is 19.8 Å². The maximum atomic E-state index is 5.47. The van der Waals surface area contributed by atoms with Crippen LogP contribution >= 0.6 is 24.0 Å². The van der Waals surface area contributed by atoms with E-state index >= 15 is 0 Å². The number of hydrogen-bond donors (Lipinski definition) is 1. The minimum atomic E-state index is 0. The smallest absolute Gasteiger partial charge is 0.193 e. The van der Waals surface area contributed by atoms with Gasteiger partial charge in [0.15, 0.2) is 5.96 Å². The first-order chi connectivity index (χ1) is 11.0. The molecule has 138 valence electrons. The third kappa shape index (κ3) is 5.61. The van der Waals surface area contributed by atoms with Gasteiger partial charge in [-0.3, -0.25) is 9.67 Å². The lowest BCUT2D eigenvalue weighted by atomic mass is 10.1. The first kappa shape index (κ1) is 21.2. The summed E-state index contributed by atoms with van der Waals surface area (Å²) in [6.45, 7) is 10.7. The lowest BCUT2D eigenvalue weighted by molar-refractivity contribution is 0.181. The van der Waals surface area contributed by atoms with E-state index in [0.717, 1.165) is 57.3 Å². The zero-order chi connectivity index (χ0) is 16.8. The average Bonchev–Trinajstić information content (AvgIpc) is 3.09. The van der Waals surface area contributed by atoms with E-state index in [9.17, 15) is 0 Å². The van der Waals surface area contributed by atoms with Crippen molar-refractivity contribution in [3.63, 3.8) is 0 Å². The molecular weight excluding hydrogens is 417 g/mol. The summed E-state index contributed by atoms with van der Waals surface area (Å²) in [5.41, 5.74) is 3.67. The average molecular weight is 449 g/mol. The molecule has 1 aromatic heterocycles. The van der Waals surface area contributed by atoms with Crippen LogP contribution in [0.5, 0.6) is 0 Å². The molecule has 24 heavy (non-hydrogen) atoms. The van der Waals surface area contributed by atoms with Crippen LogP contribution in [0.15, 0.2) is 4.99 Å². The highest BCUT2D eigenvalue weighted by molar-refractivity contribution is 14.0. The summed E-state index contributed by atoms with van der Waals surface area (Å²) in [5.74, 6) is 1.60. The Labute approximate surface area is 163 Å². The van der Waals surface area contributed by atoms with Crippen molar-refractivity contribution in [3.05, 3.63) is 17.0 Å². The number of halogens is 1. The van der Waals surface area contributed by atoms with Gasteiger partial charge >= 0.3 is 0 Å². The molecule has 1 unspecified atom stereocenters. The van der Waals surface area contributed by atoms with Crippen molar-refractivity contribution in [2.45, 2.75) is 33.6 Å². The van der Waals surface area contributed by atoms with Crippen LogP contribution in [0.1, 0.15) is 30.3 Å². The largest absolute Gasteiger partial charge is 0.381 e. The molecule has 0 aromatic carbocycles. The summed E-state index contributed by atoms with van der Waals surface area (Å²) in [6.07, 6.45) is 2.08. The maximum absolute atomic E-state index is 5.47. The molecule has 1 saturated heterocycles. The van der Waals surface area contributed by atoms with E-state index in [4.69, 9.17) is 9.73 Å². The zero-order valence-corrected chi connectivity index (χ0v) is 18.0. The van der Waals surface area contributed by atoms with Crippen molar-refractivity contribution < 1.29 is 4.74 Å². The second kappa shape index (κ2) is 10.2. The predicted octanol–water partition coefficient (Wildman–Crippen LogP) is 2.13. The van der Waals surface area contributed by atoms with Gasteiger partial charge in [0.05, 0.1) is 12.3 Å². The summed E-state index contributed by atoms with van der Waals surface area (Å²) in [6, 6.07) is 0. The topological polar surface area (TPSA) is 54.7 Å². The fourth-order valence-corrected chi connectivity index (χ4v) is 3.12. The molecule has 0 bridgehead atoms. The Kier molecular flexibility index (Phi) is 9.04. The minimum absolute atomic E-state index is 0. The van der Waals surface area contributed by atoms with E-state index in [1.165, 1.54) is 11.3 Å². The third-order valence-electron chi connectivity index (χ3n) is 4.53. The van der Waals surface area contributed by atoms with Gasteiger partial charge in [-0.2, -0.15) is 5.10 Å². The highest BCUT2D eigenvalue weighted by Gasteiger charge is 2.19. The van der Waals surface area contributed by atoms with Crippen LogP contribution < -0.4 is 5.32 Å². The molecule has 1 aromatic rings. The fourth-order valence-electron chi connectivity index (χ4n) is 3.12. The number of rotatable bonds is 6. The number of aryl methyl sites for hydroxylation is 2. The van der Waals surface area contributed by atoms with Gasteiger partial charge < -0.3 is 15.0 Å². The van der Waals surface area contributed by atoms with Gasteiger partial charge in [0.25, 0.3) is 0 Å².